The lowest BCUT2D eigenvalue weighted by Gasteiger charge is -2.25. The van der Waals surface area contributed by atoms with Crippen LogP contribution in [0.5, 0.6) is 5.75 Å². The predicted molar refractivity (Wildman–Crippen MR) is 110 cm³/mol. The monoisotopic (exact) mass is 386 g/mol. The zero-order valence-corrected chi connectivity index (χ0v) is 16.5. The number of hydrogen-bond acceptors (Lipinski definition) is 3. The number of halogens is 1. The molecule has 144 valence electrons. The summed E-state index contributed by atoms with van der Waals surface area (Å²) in [6.45, 7) is 3.76. The third-order valence-electron chi connectivity index (χ3n) is 5.26. The van der Waals surface area contributed by atoms with Crippen molar-refractivity contribution in [1.82, 2.24) is 10.2 Å². The number of nitrogens with zero attached hydrogens (tertiary/aromatic N) is 1. The summed E-state index contributed by atoms with van der Waals surface area (Å²) in [5, 5.41) is 3.42. The third kappa shape index (κ3) is 5.02. The van der Waals surface area contributed by atoms with Crippen molar-refractivity contribution in [1.29, 1.82) is 0 Å². The van der Waals surface area contributed by atoms with E-state index in [1.807, 2.05) is 0 Å². The molecule has 1 atom stereocenters. The lowest BCUT2D eigenvalue weighted by molar-refractivity contribution is -0.109. The van der Waals surface area contributed by atoms with Gasteiger partial charge in [-0.2, -0.15) is 0 Å². The molecule has 1 aliphatic rings. The van der Waals surface area contributed by atoms with Gasteiger partial charge in [-0.15, -0.1) is 0 Å². The van der Waals surface area contributed by atoms with Gasteiger partial charge in [0.05, 0.1) is 12.1 Å². The second-order valence-electron chi connectivity index (χ2n) is 6.98. The van der Waals surface area contributed by atoms with Gasteiger partial charge in [0, 0.05) is 25.6 Å². The first-order valence-electron chi connectivity index (χ1n) is 9.53. The SMILES string of the molecule is COc1cc2c(cc1Cl)CCN(CCCCNC=O)CC2c1ccccc1. The van der Waals surface area contributed by atoms with Crippen LogP contribution in [0.25, 0.3) is 0 Å². The Balaban J connectivity index is 1.83. The normalized spacial score (nSPS) is 17.0. The fraction of sp³-hybridized carbons (Fsp3) is 0.409. The van der Waals surface area contributed by atoms with Crippen molar-refractivity contribution in [2.75, 3.05) is 33.3 Å². The van der Waals surface area contributed by atoms with Gasteiger partial charge >= 0.3 is 0 Å². The van der Waals surface area contributed by atoms with Gasteiger partial charge in [0.2, 0.25) is 6.41 Å². The minimum absolute atomic E-state index is 0.294. The maximum absolute atomic E-state index is 10.4. The van der Waals surface area contributed by atoms with Crippen molar-refractivity contribution >= 4 is 18.0 Å². The number of amides is 1. The molecular weight excluding hydrogens is 360 g/mol. The van der Waals surface area contributed by atoms with Crippen LogP contribution in [0.1, 0.15) is 35.4 Å². The Hall–Kier alpha value is -2.04. The van der Waals surface area contributed by atoms with E-state index in [4.69, 9.17) is 16.3 Å². The Morgan fingerprint density at radius 1 is 1.26 bits per heavy atom. The summed E-state index contributed by atoms with van der Waals surface area (Å²) >= 11 is 6.40. The molecule has 0 saturated heterocycles. The lowest BCUT2D eigenvalue weighted by atomic mass is 9.88. The molecule has 1 N–H and O–H groups in total. The van der Waals surface area contributed by atoms with Crippen LogP contribution < -0.4 is 10.1 Å². The number of fused-ring (bicyclic) bond motifs is 1. The summed E-state index contributed by atoms with van der Waals surface area (Å²) in [5.74, 6) is 1.03. The topological polar surface area (TPSA) is 41.6 Å². The van der Waals surface area contributed by atoms with E-state index < -0.39 is 0 Å². The molecule has 2 aromatic rings. The first-order chi connectivity index (χ1) is 13.2. The smallest absolute Gasteiger partial charge is 0.207 e. The zero-order valence-electron chi connectivity index (χ0n) is 15.8. The van der Waals surface area contributed by atoms with Gasteiger partial charge < -0.3 is 15.0 Å². The van der Waals surface area contributed by atoms with Gasteiger partial charge in [0.1, 0.15) is 5.75 Å². The molecule has 5 heteroatoms. The van der Waals surface area contributed by atoms with Gasteiger partial charge in [-0.05, 0) is 54.6 Å². The van der Waals surface area contributed by atoms with Gasteiger partial charge in [0.15, 0.2) is 0 Å². The Bertz CT molecular complexity index is 751. The largest absolute Gasteiger partial charge is 0.495 e. The summed E-state index contributed by atoms with van der Waals surface area (Å²) < 4.78 is 5.48. The number of carbonyl (C=O) groups is 1. The van der Waals surface area contributed by atoms with Crippen LogP contribution in [0, 0.1) is 0 Å². The van der Waals surface area contributed by atoms with E-state index in [0.717, 1.165) is 57.6 Å². The molecule has 27 heavy (non-hydrogen) atoms. The van der Waals surface area contributed by atoms with E-state index >= 15 is 0 Å². The minimum atomic E-state index is 0.294. The van der Waals surface area contributed by atoms with Gasteiger partial charge in [-0.25, -0.2) is 0 Å². The molecule has 3 rings (SSSR count). The Morgan fingerprint density at radius 3 is 2.81 bits per heavy atom. The molecule has 4 nitrogen and oxygen atoms in total. The highest BCUT2D eigenvalue weighted by molar-refractivity contribution is 6.32. The van der Waals surface area contributed by atoms with E-state index in [1.54, 1.807) is 7.11 Å². The van der Waals surface area contributed by atoms with E-state index in [0.29, 0.717) is 10.9 Å². The Labute approximate surface area is 166 Å². The van der Waals surface area contributed by atoms with Gasteiger partial charge in [0.25, 0.3) is 0 Å². The van der Waals surface area contributed by atoms with E-state index in [-0.39, 0.29) is 0 Å². The molecular formula is C22H27ClN2O2. The van der Waals surface area contributed by atoms with Crippen LogP contribution in [0.4, 0.5) is 0 Å². The van der Waals surface area contributed by atoms with Crippen LogP contribution in [0.3, 0.4) is 0 Å². The number of benzene rings is 2. The minimum Gasteiger partial charge on any atom is -0.495 e. The van der Waals surface area contributed by atoms with Crippen LogP contribution in [0.15, 0.2) is 42.5 Å². The number of rotatable bonds is 8. The lowest BCUT2D eigenvalue weighted by Crippen LogP contribution is -2.30. The van der Waals surface area contributed by atoms with E-state index in [1.165, 1.54) is 16.7 Å². The van der Waals surface area contributed by atoms with Crippen molar-refractivity contribution in [3.63, 3.8) is 0 Å². The summed E-state index contributed by atoms with van der Waals surface area (Å²) in [6.07, 6.45) is 3.82. The second kappa shape index (κ2) is 9.77. The number of carbonyl (C=O) groups excluding carboxylic acids is 1. The predicted octanol–water partition coefficient (Wildman–Crippen LogP) is 3.86. The van der Waals surface area contributed by atoms with Crippen molar-refractivity contribution in [3.05, 3.63) is 64.2 Å². The van der Waals surface area contributed by atoms with Crippen molar-refractivity contribution in [2.45, 2.75) is 25.2 Å². The average molecular weight is 387 g/mol. The van der Waals surface area contributed by atoms with E-state index in [9.17, 15) is 4.79 Å². The zero-order chi connectivity index (χ0) is 19.1. The molecule has 1 aliphatic heterocycles. The molecule has 0 aromatic heterocycles. The molecule has 1 unspecified atom stereocenters. The van der Waals surface area contributed by atoms with Crippen molar-refractivity contribution < 1.29 is 9.53 Å². The number of hydrogen-bond donors (Lipinski definition) is 1. The van der Waals surface area contributed by atoms with Crippen LogP contribution in [-0.2, 0) is 11.2 Å². The highest BCUT2D eigenvalue weighted by Gasteiger charge is 2.25. The molecule has 1 heterocycles. The fourth-order valence-electron chi connectivity index (χ4n) is 3.83. The van der Waals surface area contributed by atoms with Crippen molar-refractivity contribution in [2.24, 2.45) is 0 Å². The second-order valence-corrected chi connectivity index (χ2v) is 7.39. The fourth-order valence-corrected chi connectivity index (χ4v) is 4.09. The van der Waals surface area contributed by atoms with Crippen LogP contribution in [-0.4, -0.2) is 44.6 Å². The third-order valence-corrected chi connectivity index (χ3v) is 5.55. The Morgan fingerprint density at radius 2 is 2.07 bits per heavy atom. The number of unbranched alkanes of at least 4 members (excludes halogenated alkanes) is 1. The number of nitrogens with one attached hydrogen (secondary N) is 1. The first kappa shape index (κ1) is 19.7. The average Bonchev–Trinajstić information content (AvgIpc) is 2.87. The van der Waals surface area contributed by atoms with E-state index in [2.05, 4.69) is 52.7 Å². The Kier molecular flexibility index (Phi) is 7.13. The molecule has 1 amide bonds. The quantitative estimate of drug-likeness (QED) is 0.553. The molecule has 0 fully saturated rings. The van der Waals surface area contributed by atoms with Gasteiger partial charge in [-0.3, -0.25) is 4.79 Å². The molecule has 2 aromatic carbocycles. The number of methoxy groups -OCH3 is 1. The van der Waals surface area contributed by atoms with Crippen LogP contribution >= 0.6 is 11.6 Å². The van der Waals surface area contributed by atoms with Crippen LogP contribution in [0.2, 0.25) is 5.02 Å². The highest BCUT2D eigenvalue weighted by atomic mass is 35.5. The van der Waals surface area contributed by atoms with Gasteiger partial charge in [-0.1, -0.05) is 41.9 Å². The molecule has 0 spiro atoms. The molecule has 0 bridgehead atoms. The summed E-state index contributed by atoms with van der Waals surface area (Å²) in [4.78, 5) is 12.9. The van der Waals surface area contributed by atoms with Crippen molar-refractivity contribution in [3.8, 4) is 5.75 Å². The summed E-state index contributed by atoms with van der Waals surface area (Å²) in [6, 6.07) is 14.8. The maximum Gasteiger partial charge on any atom is 0.207 e. The molecule has 0 aliphatic carbocycles. The standard InChI is InChI=1S/C22H27ClN2O2/c1-27-22-14-19-18(13-21(22)23)9-12-25(11-6-5-10-24-16-26)15-20(19)17-7-3-2-4-8-17/h2-4,7-8,13-14,16,20H,5-6,9-12,15H2,1H3,(H,24,26). The highest BCUT2D eigenvalue weighted by Crippen LogP contribution is 2.37. The molecule has 0 saturated carbocycles. The maximum atomic E-state index is 10.4. The number of ether oxygens (including phenoxy) is 1. The molecule has 0 radical (unpaired) electrons. The summed E-state index contributed by atoms with van der Waals surface area (Å²) in [5.41, 5.74) is 3.94. The summed E-state index contributed by atoms with van der Waals surface area (Å²) in [7, 11) is 1.67. The first-order valence-corrected chi connectivity index (χ1v) is 9.91.